The molecule has 11 nitrogen and oxygen atoms in total. The first kappa shape index (κ1) is 34.5. The molecule has 0 aromatic heterocycles. The Morgan fingerprint density at radius 1 is 0.854 bits per heavy atom. The van der Waals surface area contributed by atoms with Gasteiger partial charge in [-0.3, -0.25) is 9.59 Å². The zero-order valence-electron chi connectivity index (χ0n) is 23.1. The van der Waals surface area contributed by atoms with E-state index in [1.807, 2.05) is 19.1 Å². The molecular formula is C30H39NO10. The maximum absolute atomic E-state index is 12.1. The Balaban J connectivity index is 0.000000437. The Hall–Kier alpha value is -4.51. The van der Waals surface area contributed by atoms with Crippen LogP contribution in [0.15, 0.2) is 48.6 Å². The van der Waals surface area contributed by atoms with Gasteiger partial charge in [-0.05, 0) is 86.9 Å². The lowest BCUT2D eigenvalue weighted by atomic mass is 9.86. The van der Waals surface area contributed by atoms with E-state index < -0.39 is 5.97 Å². The molecule has 0 saturated heterocycles. The van der Waals surface area contributed by atoms with Crippen LogP contribution in [0.1, 0.15) is 56.6 Å². The average Bonchev–Trinajstić information content (AvgIpc) is 3.78. The van der Waals surface area contributed by atoms with E-state index in [2.05, 4.69) is 5.32 Å². The highest BCUT2D eigenvalue weighted by Gasteiger charge is 2.32. The van der Waals surface area contributed by atoms with Crippen molar-refractivity contribution in [3.63, 3.8) is 0 Å². The van der Waals surface area contributed by atoms with Crippen LogP contribution in [-0.4, -0.2) is 68.2 Å². The van der Waals surface area contributed by atoms with E-state index in [4.69, 9.17) is 30.0 Å². The van der Waals surface area contributed by atoms with Gasteiger partial charge in [0.15, 0.2) is 23.0 Å². The number of carboxylic acid groups (broad SMARTS) is 1. The van der Waals surface area contributed by atoms with Crippen molar-refractivity contribution in [2.45, 2.75) is 57.6 Å². The number of benzene rings is 2. The number of nitrogens with one attached hydrogen (secondary N) is 1. The molecule has 0 bridgehead atoms. The largest absolute Gasteiger partial charge is 0.504 e. The smallest absolute Gasteiger partial charge is 0.331 e. The van der Waals surface area contributed by atoms with Crippen molar-refractivity contribution in [2.24, 2.45) is 5.92 Å². The number of rotatable bonds is 6. The van der Waals surface area contributed by atoms with Crippen LogP contribution in [0, 0.1) is 5.92 Å². The van der Waals surface area contributed by atoms with Crippen molar-refractivity contribution in [3.8, 4) is 23.0 Å². The fraction of sp³-hybridized carbons (Fsp3) is 0.367. The van der Waals surface area contributed by atoms with Crippen LogP contribution in [0.4, 0.5) is 0 Å². The standard InChI is InChI=1S/C19H23NO5.C9H10O2.CH2O2.CH4O/c21-16-8-4-12(10-17(16)22)5-9-18(23)25-15-3-1-2-13(11-15)19(24)20-14-6-7-14;1-2-3-7-4-5-8(10)9(11)6-7;2-1-3;1-2/h4-5,8-10,13-15,21-22H,1-3,6-7,11H2,(H,20,24);2-6,10-11H,1H3;1H,(H,2,3);2H,1H3/b9-5+;3-2+;;. The minimum absolute atomic E-state index is 0.0785. The van der Waals surface area contributed by atoms with Crippen molar-refractivity contribution in [1.29, 1.82) is 0 Å². The van der Waals surface area contributed by atoms with Gasteiger partial charge in [-0.2, -0.15) is 0 Å². The van der Waals surface area contributed by atoms with Crippen LogP contribution in [0.3, 0.4) is 0 Å². The first-order valence-electron chi connectivity index (χ1n) is 13.0. The van der Waals surface area contributed by atoms with E-state index in [9.17, 15) is 19.8 Å². The van der Waals surface area contributed by atoms with Crippen LogP contribution in [0.5, 0.6) is 23.0 Å². The number of phenols is 4. The number of aromatic hydroxyl groups is 4. The Labute approximate surface area is 239 Å². The summed E-state index contributed by atoms with van der Waals surface area (Å²) in [7, 11) is 1.00. The Bertz CT molecular complexity index is 1170. The number of aliphatic hydroxyl groups excluding tert-OH is 1. The van der Waals surface area contributed by atoms with Crippen LogP contribution >= 0.6 is 0 Å². The number of esters is 1. The van der Waals surface area contributed by atoms with Crippen LogP contribution in [0.2, 0.25) is 0 Å². The van der Waals surface area contributed by atoms with Gasteiger partial charge in [-0.1, -0.05) is 24.3 Å². The summed E-state index contributed by atoms with van der Waals surface area (Å²) < 4.78 is 5.45. The molecule has 2 unspecified atom stereocenters. The van der Waals surface area contributed by atoms with Gasteiger partial charge < -0.3 is 40.7 Å². The fourth-order valence-corrected chi connectivity index (χ4v) is 3.89. The van der Waals surface area contributed by atoms with Gasteiger partial charge in [0.2, 0.25) is 5.91 Å². The molecule has 0 spiro atoms. The number of amides is 1. The minimum Gasteiger partial charge on any atom is -0.504 e. The molecule has 2 aromatic carbocycles. The van der Waals surface area contributed by atoms with E-state index in [0.717, 1.165) is 44.8 Å². The molecule has 2 aromatic rings. The molecular weight excluding hydrogens is 534 g/mol. The quantitative estimate of drug-likeness (QED) is 0.115. The zero-order chi connectivity index (χ0) is 30.8. The van der Waals surface area contributed by atoms with Crippen LogP contribution in [0.25, 0.3) is 12.2 Å². The summed E-state index contributed by atoms with van der Waals surface area (Å²) in [5.41, 5.74) is 1.46. The minimum atomic E-state index is -0.471. The number of hydrogen-bond acceptors (Lipinski definition) is 9. The van der Waals surface area contributed by atoms with E-state index in [1.165, 1.54) is 36.4 Å². The molecule has 0 heterocycles. The van der Waals surface area contributed by atoms with Gasteiger partial charge in [0.05, 0.1) is 0 Å². The first-order valence-corrected chi connectivity index (χ1v) is 13.0. The van der Waals surface area contributed by atoms with Crippen LogP contribution < -0.4 is 5.32 Å². The molecule has 1 amide bonds. The molecule has 2 aliphatic rings. The Morgan fingerprint density at radius 3 is 1.88 bits per heavy atom. The molecule has 2 atom stereocenters. The summed E-state index contributed by atoms with van der Waals surface area (Å²) in [6.07, 6.45) is 11.5. The van der Waals surface area contributed by atoms with Gasteiger partial charge in [-0.15, -0.1) is 0 Å². The van der Waals surface area contributed by atoms with Crippen molar-refractivity contribution < 1.29 is 49.8 Å². The highest BCUT2D eigenvalue weighted by molar-refractivity contribution is 5.87. The molecule has 0 radical (unpaired) electrons. The summed E-state index contributed by atoms with van der Waals surface area (Å²) >= 11 is 0. The fourth-order valence-electron chi connectivity index (χ4n) is 3.89. The molecule has 224 valence electrons. The van der Waals surface area contributed by atoms with E-state index >= 15 is 0 Å². The lowest BCUT2D eigenvalue weighted by molar-refractivity contribution is -0.147. The maximum Gasteiger partial charge on any atom is 0.331 e. The second kappa shape index (κ2) is 18.7. The number of phenolic OH excluding ortho intramolecular Hbond substituents is 4. The Kier molecular flexibility index (Phi) is 15.8. The van der Waals surface area contributed by atoms with E-state index in [0.29, 0.717) is 18.0 Å². The van der Waals surface area contributed by atoms with Gasteiger partial charge in [0, 0.05) is 25.1 Å². The summed E-state index contributed by atoms with van der Waals surface area (Å²) in [6.45, 7) is 1.64. The normalized spacial score (nSPS) is 17.5. The van der Waals surface area contributed by atoms with Crippen molar-refractivity contribution in [3.05, 3.63) is 59.7 Å². The first-order chi connectivity index (χ1) is 19.7. The summed E-state index contributed by atoms with van der Waals surface area (Å²) in [5, 5.41) is 53.6. The maximum atomic E-state index is 12.1. The van der Waals surface area contributed by atoms with E-state index in [1.54, 1.807) is 12.1 Å². The molecule has 2 saturated carbocycles. The topological polar surface area (TPSA) is 194 Å². The number of carbonyl (C=O) groups is 3. The summed E-state index contributed by atoms with van der Waals surface area (Å²) in [5.74, 6) is -1.09. The molecule has 2 aliphatic carbocycles. The van der Waals surface area contributed by atoms with Crippen molar-refractivity contribution in [2.75, 3.05) is 7.11 Å². The van der Waals surface area contributed by atoms with Gasteiger partial charge in [0.25, 0.3) is 6.47 Å². The second-order valence-corrected chi connectivity index (χ2v) is 9.14. The number of ether oxygens (including phenoxy) is 1. The van der Waals surface area contributed by atoms with E-state index in [-0.39, 0.29) is 47.4 Å². The third-order valence-corrected chi connectivity index (χ3v) is 5.97. The molecule has 7 N–H and O–H groups in total. The zero-order valence-corrected chi connectivity index (χ0v) is 23.1. The van der Waals surface area contributed by atoms with Crippen molar-refractivity contribution >= 4 is 30.5 Å². The molecule has 0 aliphatic heterocycles. The second-order valence-electron chi connectivity index (χ2n) is 9.14. The number of allylic oxidation sites excluding steroid dienone is 1. The predicted molar refractivity (Wildman–Crippen MR) is 153 cm³/mol. The average molecular weight is 574 g/mol. The number of carbonyl (C=O) groups excluding carboxylic acids is 2. The third kappa shape index (κ3) is 13.4. The molecule has 41 heavy (non-hydrogen) atoms. The number of aliphatic hydroxyl groups is 1. The van der Waals surface area contributed by atoms with Gasteiger partial charge >= 0.3 is 5.97 Å². The molecule has 11 heteroatoms. The predicted octanol–water partition coefficient (Wildman–Crippen LogP) is 3.93. The van der Waals surface area contributed by atoms with Crippen molar-refractivity contribution in [1.82, 2.24) is 5.32 Å². The summed E-state index contributed by atoms with van der Waals surface area (Å²) in [4.78, 5) is 32.5. The highest BCUT2D eigenvalue weighted by atomic mass is 16.5. The number of hydrogen-bond donors (Lipinski definition) is 7. The monoisotopic (exact) mass is 573 g/mol. The lowest BCUT2D eigenvalue weighted by Gasteiger charge is -2.27. The Morgan fingerprint density at radius 2 is 1.39 bits per heavy atom. The third-order valence-electron chi connectivity index (χ3n) is 5.97. The highest BCUT2D eigenvalue weighted by Crippen LogP contribution is 2.29. The lowest BCUT2D eigenvalue weighted by Crippen LogP contribution is -2.37. The SMILES string of the molecule is C/C=C/c1ccc(O)c(O)c1.CO.O=C(/C=C/c1ccc(O)c(O)c1)OC1CCCC(C(=O)NC2CC2)C1.O=CO. The molecule has 2 fully saturated rings. The van der Waals surface area contributed by atoms with Gasteiger partial charge in [-0.25, -0.2) is 4.79 Å². The van der Waals surface area contributed by atoms with Gasteiger partial charge in [0.1, 0.15) is 6.10 Å². The summed E-state index contributed by atoms with van der Waals surface area (Å²) in [6, 6.07) is 9.34. The molecule has 4 rings (SSSR count). The van der Waals surface area contributed by atoms with Crippen LogP contribution in [-0.2, 0) is 19.1 Å².